The molecule has 0 spiro atoms. The maximum atomic E-state index is 14.2. The summed E-state index contributed by atoms with van der Waals surface area (Å²) in [4.78, 5) is 12.1. The van der Waals surface area contributed by atoms with Crippen LogP contribution in [-0.2, 0) is 5.92 Å². The molecule has 0 saturated carbocycles. The molecule has 2 aromatic rings. The van der Waals surface area contributed by atoms with Crippen molar-refractivity contribution in [2.45, 2.75) is 30.9 Å². The Kier molecular flexibility index (Phi) is 5.66. The number of esters is 1. The van der Waals surface area contributed by atoms with Crippen molar-refractivity contribution in [3.63, 3.8) is 0 Å². The number of halogens is 9. The van der Waals surface area contributed by atoms with E-state index < -0.39 is 41.0 Å². The first-order chi connectivity index (χ1) is 13.1. The van der Waals surface area contributed by atoms with E-state index in [1.165, 1.54) is 24.3 Å². The van der Waals surface area contributed by atoms with Crippen LogP contribution in [0.3, 0.4) is 0 Å². The van der Waals surface area contributed by atoms with Crippen LogP contribution in [0.2, 0.25) is 0 Å². The van der Waals surface area contributed by atoms with Crippen LogP contribution >= 0.6 is 0 Å². The van der Waals surface area contributed by atoms with Crippen LogP contribution in [0.25, 0.3) is 0 Å². The highest BCUT2D eigenvalue weighted by molar-refractivity contribution is 5.93. The Hall–Kier alpha value is -2.72. The van der Waals surface area contributed by atoms with Crippen LogP contribution in [0.4, 0.5) is 39.5 Å². The van der Waals surface area contributed by atoms with E-state index in [2.05, 4.69) is 0 Å². The van der Waals surface area contributed by atoms with Gasteiger partial charge in [0.25, 0.3) is 0 Å². The predicted octanol–water partition coefficient (Wildman–Crippen LogP) is 6.14. The fraction of sp³-hybridized carbons (Fsp3) is 0.278. The Balaban J connectivity index is 2.50. The van der Waals surface area contributed by atoms with Crippen LogP contribution in [-0.4, -0.2) is 24.0 Å². The molecule has 0 radical (unpaired) electrons. The molecule has 158 valence electrons. The molecule has 0 aliphatic heterocycles. The van der Waals surface area contributed by atoms with Gasteiger partial charge in [0, 0.05) is 5.56 Å². The first kappa shape index (κ1) is 22.6. The zero-order chi connectivity index (χ0) is 22.3. The largest absolute Gasteiger partial charge is 0.460 e. The summed E-state index contributed by atoms with van der Waals surface area (Å²) in [5.74, 6) is -21.9. The Bertz CT molecular complexity index is 887. The normalized spacial score (nSPS) is 13.3. The molecule has 0 amide bonds. The van der Waals surface area contributed by atoms with Crippen molar-refractivity contribution in [1.29, 1.82) is 0 Å². The highest BCUT2D eigenvalue weighted by Gasteiger charge is 2.82. The van der Waals surface area contributed by atoms with Crippen molar-refractivity contribution in [3.05, 3.63) is 65.2 Å². The summed E-state index contributed by atoms with van der Waals surface area (Å²) in [6, 6.07) is 7.68. The average molecular weight is 430 g/mol. The fourth-order valence-electron chi connectivity index (χ4n) is 2.25. The van der Waals surface area contributed by atoms with E-state index in [0.717, 1.165) is 11.6 Å². The van der Waals surface area contributed by atoms with Crippen LogP contribution in [0, 0.1) is 6.92 Å². The summed E-state index contributed by atoms with van der Waals surface area (Å²) in [6.45, 7) is 1.67. The molecule has 0 unspecified atom stereocenters. The van der Waals surface area contributed by atoms with E-state index >= 15 is 0 Å². The molecule has 29 heavy (non-hydrogen) atoms. The monoisotopic (exact) mass is 430 g/mol. The zero-order valence-electron chi connectivity index (χ0n) is 14.3. The summed E-state index contributed by atoms with van der Waals surface area (Å²) in [7, 11) is 0. The lowest BCUT2D eigenvalue weighted by molar-refractivity contribution is -0.399. The van der Waals surface area contributed by atoms with Crippen molar-refractivity contribution < 1.29 is 49.0 Å². The fourth-order valence-corrected chi connectivity index (χ4v) is 2.25. The second-order valence-electron chi connectivity index (χ2n) is 5.97. The predicted molar refractivity (Wildman–Crippen MR) is 82.4 cm³/mol. The van der Waals surface area contributed by atoms with Crippen molar-refractivity contribution in [3.8, 4) is 5.75 Å². The van der Waals surface area contributed by atoms with Gasteiger partial charge in [-0.05, 0) is 25.1 Å². The number of ether oxygens (including phenoxy) is 1. The van der Waals surface area contributed by atoms with Gasteiger partial charge in [-0.15, -0.1) is 0 Å². The van der Waals surface area contributed by atoms with E-state index in [1.807, 2.05) is 0 Å². The topological polar surface area (TPSA) is 26.3 Å². The molecule has 0 heterocycles. The lowest BCUT2D eigenvalue weighted by Crippen LogP contribution is -2.59. The molecule has 2 rings (SSSR count). The van der Waals surface area contributed by atoms with Gasteiger partial charge in [0.1, 0.15) is 5.75 Å². The third-order valence-corrected chi connectivity index (χ3v) is 3.86. The lowest BCUT2D eigenvalue weighted by Gasteiger charge is -2.34. The van der Waals surface area contributed by atoms with Crippen LogP contribution in [0.1, 0.15) is 21.5 Å². The maximum Gasteiger partial charge on any atom is 0.460 e. The maximum absolute atomic E-state index is 14.2. The SMILES string of the molecule is Cc1ccc(OC(=O)c2ccccc2C(F)(F)C(F)(F)C(F)(F)C(F)(F)F)cc1. The van der Waals surface area contributed by atoms with Gasteiger partial charge in [-0.25, -0.2) is 4.79 Å². The van der Waals surface area contributed by atoms with Gasteiger partial charge in [-0.3, -0.25) is 0 Å². The highest BCUT2D eigenvalue weighted by Crippen LogP contribution is 2.57. The second kappa shape index (κ2) is 7.27. The number of carbonyl (C=O) groups is 1. The summed E-state index contributed by atoms with van der Waals surface area (Å²) < 4.78 is 124. The van der Waals surface area contributed by atoms with Gasteiger partial charge in [0.15, 0.2) is 0 Å². The van der Waals surface area contributed by atoms with Crippen molar-refractivity contribution in [2.75, 3.05) is 0 Å². The van der Waals surface area contributed by atoms with Crippen LogP contribution in [0.5, 0.6) is 5.75 Å². The van der Waals surface area contributed by atoms with Gasteiger partial charge in [0.05, 0.1) is 5.56 Å². The summed E-state index contributed by atoms with van der Waals surface area (Å²) in [5, 5.41) is 0. The minimum absolute atomic E-state index is 0.145. The number of hydrogen-bond donors (Lipinski definition) is 0. The van der Waals surface area contributed by atoms with E-state index in [1.54, 1.807) is 6.92 Å². The Morgan fingerprint density at radius 3 is 1.79 bits per heavy atom. The minimum Gasteiger partial charge on any atom is -0.423 e. The molecule has 2 nitrogen and oxygen atoms in total. The first-order valence-corrected chi connectivity index (χ1v) is 7.71. The Labute approximate surface area is 157 Å². The molecule has 2 aromatic carbocycles. The molecule has 11 heteroatoms. The smallest absolute Gasteiger partial charge is 0.423 e. The number of hydrogen-bond acceptors (Lipinski definition) is 2. The Morgan fingerprint density at radius 2 is 1.28 bits per heavy atom. The van der Waals surface area contributed by atoms with E-state index in [-0.39, 0.29) is 11.8 Å². The third kappa shape index (κ3) is 3.90. The summed E-state index contributed by atoms with van der Waals surface area (Å²) in [6.07, 6.45) is -6.96. The van der Waals surface area contributed by atoms with Crippen LogP contribution in [0.15, 0.2) is 48.5 Å². The molecule has 0 aliphatic rings. The zero-order valence-corrected chi connectivity index (χ0v) is 14.3. The number of benzene rings is 2. The number of rotatable bonds is 5. The number of carbonyl (C=O) groups excluding carboxylic acids is 1. The lowest BCUT2D eigenvalue weighted by atomic mass is 9.93. The molecule has 0 N–H and O–H groups in total. The molecule has 0 aromatic heterocycles. The van der Waals surface area contributed by atoms with Crippen molar-refractivity contribution in [2.24, 2.45) is 0 Å². The number of alkyl halides is 9. The summed E-state index contributed by atoms with van der Waals surface area (Å²) >= 11 is 0. The molecule has 0 aliphatic carbocycles. The first-order valence-electron chi connectivity index (χ1n) is 7.71. The molecular weight excluding hydrogens is 419 g/mol. The van der Waals surface area contributed by atoms with E-state index in [4.69, 9.17) is 4.74 Å². The molecule has 0 saturated heterocycles. The number of aryl methyl sites for hydroxylation is 1. The standard InChI is InChI=1S/C18H11F9O2/c1-10-6-8-11(9-7-10)29-14(28)12-4-2-3-5-13(12)15(19,20)16(21,22)17(23,24)18(25,26)27/h2-9H,1H3. The quantitative estimate of drug-likeness (QED) is 0.324. The molecule has 0 fully saturated rings. The van der Waals surface area contributed by atoms with E-state index in [0.29, 0.717) is 12.1 Å². The highest BCUT2D eigenvalue weighted by atomic mass is 19.4. The van der Waals surface area contributed by atoms with Gasteiger partial charge in [0.2, 0.25) is 0 Å². The van der Waals surface area contributed by atoms with Crippen molar-refractivity contribution >= 4 is 5.97 Å². The van der Waals surface area contributed by atoms with Gasteiger partial charge in [-0.1, -0.05) is 35.9 Å². The Morgan fingerprint density at radius 1 is 0.759 bits per heavy atom. The summed E-state index contributed by atoms with van der Waals surface area (Å²) in [5.41, 5.74) is -2.60. The van der Waals surface area contributed by atoms with Crippen LogP contribution < -0.4 is 4.74 Å². The molecular formula is C18H11F9O2. The molecule has 0 atom stereocenters. The van der Waals surface area contributed by atoms with Gasteiger partial charge >= 0.3 is 29.9 Å². The van der Waals surface area contributed by atoms with Gasteiger partial charge < -0.3 is 4.74 Å². The third-order valence-electron chi connectivity index (χ3n) is 3.86. The van der Waals surface area contributed by atoms with E-state index in [9.17, 15) is 44.3 Å². The average Bonchev–Trinajstić information content (AvgIpc) is 2.62. The van der Waals surface area contributed by atoms with Crippen molar-refractivity contribution in [1.82, 2.24) is 0 Å². The minimum atomic E-state index is -7.07. The molecule has 0 bridgehead atoms. The second-order valence-corrected chi connectivity index (χ2v) is 5.97. The van der Waals surface area contributed by atoms with Gasteiger partial charge in [-0.2, -0.15) is 39.5 Å².